The molecule has 1 N–H and O–H groups in total. The predicted octanol–water partition coefficient (Wildman–Crippen LogP) is 2.62. The summed E-state index contributed by atoms with van der Waals surface area (Å²) in [5.74, 6) is 0.167. The van der Waals surface area contributed by atoms with Gasteiger partial charge in [0.15, 0.2) is 18.1 Å². The van der Waals surface area contributed by atoms with Crippen LogP contribution in [0, 0.1) is 0 Å². The number of rotatable bonds is 7. The van der Waals surface area contributed by atoms with Crippen LogP contribution < -0.4 is 14.8 Å². The standard InChI is InChI=1S/C22H24N2O6/c1-3-24(13-16-7-8-19-20(11-16)29-10-9-28-19)21(26)14-30-22(27)17-5-4-6-18(12-17)23-15(2)25/h4-8,11-12H,3,9-10,13-14H2,1-2H3,(H,23,25). The van der Waals surface area contributed by atoms with E-state index < -0.39 is 5.97 Å². The van der Waals surface area contributed by atoms with E-state index in [-0.39, 0.29) is 24.0 Å². The van der Waals surface area contributed by atoms with Crippen LogP contribution in [0.25, 0.3) is 0 Å². The molecule has 1 aliphatic heterocycles. The van der Waals surface area contributed by atoms with Crippen molar-refractivity contribution in [2.24, 2.45) is 0 Å². The highest BCUT2D eigenvalue weighted by Gasteiger charge is 2.18. The second kappa shape index (κ2) is 9.78. The minimum absolute atomic E-state index is 0.242. The lowest BCUT2D eigenvalue weighted by Gasteiger charge is -2.23. The molecule has 0 spiro atoms. The molecule has 0 bridgehead atoms. The molecular formula is C22H24N2O6. The molecule has 2 aromatic rings. The van der Waals surface area contributed by atoms with Gasteiger partial charge in [-0.2, -0.15) is 0 Å². The normalized spacial score (nSPS) is 12.1. The minimum atomic E-state index is -0.633. The maximum atomic E-state index is 12.6. The van der Waals surface area contributed by atoms with Gasteiger partial charge in [-0.05, 0) is 42.8 Å². The summed E-state index contributed by atoms with van der Waals surface area (Å²) in [6.45, 7) is 4.70. The molecule has 3 rings (SSSR count). The lowest BCUT2D eigenvalue weighted by Crippen LogP contribution is -2.34. The van der Waals surface area contributed by atoms with Crippen molar-refractivity contribution in [1.82, 2.24) is 4.90 Å². The number of anilines is 1. The van der Waals surface area contributed by atoms with Crippen LogP contribution in [0.1, 0.15) is 29.8 Å². The maximum absolute atomic E-state index is 12.6. The fourth-order valence-corrected chi connectivity index (χ4v) is 3.01. The third-order valence-electron chi connectivity index (χ3n) is 4.46. The number of ether oxygens (including phenoxy) is 3. The Morgan fingerprint density at radius 1 is 1.07 bits per heavy atom. The molecular weight excluding hydrogens is 388 g/mol. The molecule has 0 saturated carbocycles. The third kappa shape index (κ3) is 5.50. The third-order valence-corrected chi connectivity index (χ3v) is 4.46. The van der Waals surface area contributed by atoms with Crippen LogP contribution in [0.15, 0.2) is 42.5 Å². The van der Waals surface area contributed by atoms with E-state index in [0.717, 1.165) is 5.56 Å². The molecule has 30 heavy (non-hydrogen) atoms. The summed E-state index contributed by atoms with van der Waals surface area (Å²) in [6, 6.07) is 11.9. The maximum Gasteiger partial charge on any atom is 0.338 e. The van der Waals surface area contributed by atoms with Crippen molar-refractivity contribution in [2.45, 2.75) is 20.4 Å². The van der Waals surface area contributed by atoms with E-state index in [1.54, 1.807) is 23.1 Å². The van der Waals surface area contributed by atoms with Gasteiger partial charge < -0.3 is 24.4 Å². The van der Waals surface area contributed by atoms with Crippen molar-refractivity contribution in [3.05, 3.63) is 53.6 Å². The van der Waals surface area contributed by atoms with Gasteiger partial charge in [0, 0.05) is 25.7 Å². The Balaban J connectivity index is 1.57. The van der Waals surface area contributed by atoms with Crippen molar-refractivity contribution in [3.63, 3.8) is 0 Å². The smallest absolute Gasteiger partial charge is 0.338 e. The fourth-order valence-electron chi connectivity index (χ4n) is 3.01. The number of likely N-dealkylation sites (N-methyl/N-ethyl adjacent to an activating group) is 1. The monoisotopic (exact) mass is 412 g/mol. The summed E-state index contributed by atoms with van der Waals surface area (Å²) in [6.07, 6.45) is 0. The van der Waals surface area contributed by atoms with Gasteiger partial charge in [0.05, 0.1) is 5.56 Å². The Kier molecular flexibility index (Phi) is 6.90. The number of esters is 1. The van der Waals surface area contributed by atoms with Gasteiger partial charge in [-0.3, -0.25) is 9.59 Å². The number of carbonyl (C=O) groups is 3. The van der Waals surface area contributed by atoms with Gasteiger partial charge in [-0.15, -0.1) is 0 Å². The Bertz CT molecular complexity index is 943. The van der Waals surface area contributed by atoms with E-state index in [4.69, 9.17) is 14.2 Å². The summed E-state index contributed by atoms with van der Waals surface area (Å²) in [5.41, 5.74) is 1.63. The summed E-state index contributed by atoms with van der Waals surface area (Å²) in [4.78, 5) is 37.6. The van der Waals surface area contributed by atoms with Crippen molar-refractivity contribution in [1.29, 1.82) is 0 Å². The van der Waals surface area contributed by atoms with Crippen molar-refractivity contribution >= 4 is 23.5 Å². The Morgan fingerprint density at radius 3 is 2.57 bits per heavy atom. The molecule has 0 saturated heterocycles. The quantitative estimate of drug-likeness (QED) is 0.703. The van der Waals surface area contributed by atoms with E-state index in [0.29, 0.717) is 43.5 Å². The SMILES string of the molecule is CCN(Cc1ccc2c(c1)OCCO2)C(=O)COC(=O)c1cccc(NC(C)=O)c1. The molecule has 8 heteroatoms. The second-order valence-electron chi connectivity index (χ2n) is 6.72. The van der Waals surface area contributed by atoms with E-state index in [2.05, 4.69) is 5.32 Å². The largest absolute Gasteiger partial charge is 0.486 e. The van der Waals surface area contributed by atoms with Gasteiger partial charge in [0.1, 0.15) is 13.2 Å². The Hall–Kier alpha value is -3.55. The van der Waals surface area contributed by atoms with Crippen LogP contribution in [-0.4, -0.2) is 49.0 Å². The fraction of sp³-hybridized carbons (Fsp3) is 0.318. The molecule has 2 aromatic carbocycles. The zero-order chi connectivity index (χ0) is 21.5. The number of nitrogens with one attached hydrogen (secondary N) is 1. The topological polar surface area (TPSA) is 94.2 Å². The zero-order valence-electron chi connectivity index (χ0n) is 17.0. The molecule has 0 aromatic heterocycles. The second-order valence-corrected chi connectivity index (χ2v) is 6.72. The van der Waals surface area contributed by atoms with Crippen molar-refractivity contribution < 1.29 is 28.6 Å². The lowest BCUT2D eigenvalue weighted by molar-refractivity contribution is -0.135. The minimum Gasteiger partial charge on any atom is -0.486 e. The van der Waals surface area contributed by atoms with E-state index in [9.17, 15) is 14.4 Å². The number of carbonyl (C=O) groups excluding carboxylic acids is 3. The molecule has 0 radical (unpaired) electrons. The highest BCUT2D eigenvalue weighted by molar-refractivity contribution is 5.94. The molecule has 158 valence electrons. The summed E-state index contributed by atoms with van der Waals surface area (Å²) < 4.78 is 16.3. The van der Waals surface area contributed by atoms with Crippen LogP contribution in [0.2, 0.25) is 0 Å². The number of hydrogen-bond acceptors (Lipinski definition) is 6. The predicted molar refractivity (Wildman–Crippen MR) is 110 cm³/mol. The van der Waals surface area contributed by atoms with Crippen molar-refractivity contribution in [2.75, 3.05) is 31.7 Å². The van der Waals surface area contributed by atoms with E-state index in [1.807, 2.05) is 25.1 Å². The molecule has 2 amide bonds. The number of fused-ring (bicyclic) bond motifs is 1. The van der Waals surface area contributed by atoms with Crippen LogP contribution in [0.3, 0.4) is 0 Å². The number of benzene rings is 2. The van der Waals surface area contributed by atoms with Crippen LogP contribution >= 0.6 is 0 Å². The van der Waals surface area contributed by atoms with Gasteiger partial charge in [0.25, 0.3) is 5.91 Å². The van der Waals surface area contributed by atoms with Gasteiger partial charge in [-0.1, -0.05) is 12.1 Å². The lowest BCUT2D eigenvalue weighted by atomic mass is 10.1. The average molecular weight is 412 g/mol. The molecule has 0 unspecified atom stereocenters. The number of hydrogen-bond donors (Lipinski definition) is 1. The van der Waals surface area contributed by atoms with Crippen molar-refractivity contribution in [3.8, 4) is 11.5 Å². The Labute approximate surface area is 174 Å². The van der Waals surface area contributed by atoms with Gasteiger partial charge >= 0.3 is 5.97 Å². The average Bonchev–Trinajstić information content (AvgIpc) is 2.75. The van der Waals surface area contributed by atoms with Crippen LogP contribution in [0.4, 0.5) is 5.69 Å². The first-order chi connectivity index (χ1) is 14.5. The molecule has 0 fully saturated rings. The summed E-state index contributed by atoms with van der Waals surface area (Å²) in [5, 5.41) is 2.60. The highest BCUT2D eigenvalue weighted by Crippen LogP contribution is 2.31. The summed E-state index contributed by atoms with van der Waals surface area (Å²) in [7, 11) is 0. The first-order valence-corrected chi connectivity index (χ1v) is 9.67. The van der Waals surface area contributed by atoms with Gasteiger partial charge in [0.2, 0.25) is 5.91 Å². The molecule has 8 nitrogen and oxygen atoms in total. The van der Waals surface area contributed by atoms with E-state index in [1.165, 1.54) is 13.0 Å². The van der Waals surface area contributed by atoms with E-state index >= 15 is 0 Å². The molecule has 0 aliphatic carbocycles. The number of nitrogens with zero attached hydrogens (tertiary/aromatic N) is 1. The molecule has 1 heterocycles. The van der Waals surface area contributed by atoms with Crippen LogP contribution in [0.5, 0.6) is 11.5 Å². The first kappa shape index (κ1) is 21.2. The highest BCUT2D eigenvalue weighted by atomic mass is 16.6. The first-order valence-electron chi connectivity index (χ1n) is 9.67. The molecule has 0 atom stereocenters. The summed E-state index contributed by atoms with van der Waals surface area (Å²) >= 11 is 0. The zero-order valence-corrected chi connectivity index (χ0v) is 17.0. The van der Waals surface area contributed by atoms with Crippen LogP contribution in [-0.2, 0) is 20.9 Å². The Morgan fingerprint density at radius 2 is 1.83 bits per heavy atom. The molecule has 1 aliphatic rings. The number of amides is 2. The van der Waals surface area contributed by atoms with Gasteiger partial charge in [-0.25, -0.2) is 4.79 Å².